The van der Waals surface area contributed by atoms with Crippen molar-refractivity contribution in [3.05, 3.63) is 80.2 Å². The maximum Gasteiger partial charge on any atom is 0.286 e. The fraction of sp³-hybridized carbons (Fsp3) is 0. The molecule has 0 aliphatic rings. The van der Waals surface area contributed by atoms with E-state index in [1.807, 2.05) is 36.4 Å². The second-order valence-electron chi connectivity index (χ2n) is 6.02. The van der Waals surface area contributed by atoms with E-state index >= 15 is 0 Å². The van der Waals surface area contributed by atoms with Crippen LogP contribution in [-0.4, -0.2) is 19.7 Å². The number of pyridine rings is 1. The first-order valence-electron chi connectivity index (χ1n) is 8.10. The van der Waals surface area contributed by atoms with Crippen LogP contribution in [0.1, 0.15) is 0 Å². The molecule has 2 N–H and O–H groups in total. The van der Waals surface area contributed by atoms with Crippen LogP contribution in [0.15, 0.2) is 64.2 Å². The van der Waals surface area contributed by atoms with Crippen molar-refractivity contribution in [3.63, 3.8) is 0 Å². The van der Waals surface area contributed by atoms with Crippen LogP contribution in [0.2, 0.25) is 5.02 Å². The van der Waals surface area contributed by atoms with Gasteiger partial charge < -0.3 is 4.98 Å². The van der Waals surface area contributed by atoms with E-state index in [1.54, 1.807) is 12.1 Å². The quantitative estimate of drug-likeness (QED) is 0.475. The number of rotatable bonds is 2. The molecule has 132 valence electrons. The summed E-state index contributed by atoms with van der Waals surface area (Å²) < 4.78 is 2.27. The average molecular weight is 395 g/mol. The number of H-pyrrole nitrogens is 2. The van der Waals surface area contributed by atoms with Crippen LogP contribution < -0.4 is 11.0 Å². The Hall–Kier alpha value is -3.16. The molecule has 0 bridgehead atoms. The molecule has 0 saturated heterocycles. The number of benzene rings is 2. The molecule has 3 aromatic heterocycles. The monoisotopic (exact) mass is 394 g/mol. The Kier molecular flexibility index (Phi) is 3.53. The first-order valence-corrected chi connectivity index (χ1v) is 9.29. The topological polar surface area (TPSA) is 83.5 Å². The summed E-state index contributed by atoms with van der Waals surface area (Å²) in [5.74, 6) is 0. The van der Waals surface area contributed by atoms with E-state index in [0.29, 0.717) is 21.5 Å². The number of aromatic nitrogens is 4. The number of para-hydroxylation sites is 1. The normalized spacial score (nSPS) is 11.4. The summed E-state index contributed by atoms with van der Waals surface area (Å²) in [7, 11) is 0. The molecular formula is C19H11ClN4O2S. The molecule has 3 heterocycles. The maximum atomic E-state index is 12.8. The summed E-state index contributed by atoms with van der Waals surface area (Å²) in [6.07, 6.45) is 0. The SMILES string of the molecule is O=c1cc(-c2ccc(Cl)cc2)[nH]c2[nH]n(-c3nc4ccccc4s3)c(=O)c12. The van der Waals surface area contributed by atoms with E-state index in [-0.39, 0.29) is 10.8 Å². The smallest absolute Gasteiger partial charge is 0.286 e. The Balaban J connectivity index is 1.72. The van der Waals surface area contributed by atoms with Gasteiger partial charge in [-0.15, -0.1) is 0 Å². The number of thiazole rings is 1. The highest BCUT2D eigenvalue weighted by Gasteiger charge is 2.16. The minimum Gasteiger partial charge on any atom is -0.339 e. The lowest BCUT2D eigenvalue weighted by Gasteiger charge is -2.02. The van der Waals surface area contributed by atoms with E-state index in [2.05, 4.69) is 15.1 Å². The standard InChI is InChI=1S/C19H11ClN4O2S/c20-11-7-5-10(6-8-11)13-9-14(25)16-17(21-13)23-24(18(16)26)19-22-12-3-1-2-4-15(12)27-19/h1-9H,(H2,21,23,25). The molecule has 5 rings (SSSR count). The lowest BCUT2D eigenvalue weighted by atomic mass is 10.1. The lowest BCUT2D eigenvalue weighted by molar-refractivity contribution is 0.851. The Morgan fingerprint density at radius 2 is 1.81 bits per heavy atom. The van der Waals surface area contributed by atoms with Gasteiger partial charge in [0.2, 0.25) is 5.13 Å². The predicted octanol–water partition coefficient (Wildman–Crippen LogP) is 3.94. The van der Waals surface area contributed by atoms with E-state index in [1.165, 1.54) is 22.1 Å². The van der Waals surface area contributed by atoms with Gasteiger partial charge in [-0.3, -0.25) is 14.7 Å². The lowest BCUT2D eigenvalue weighted by Crippen LogP contribution is -2.17. The minimum atomic E-state index is -0.423. The molecule has 0 aliphatic heterocycles. The van der Waals surface area contributed by atoms with Crippen molar-refractivity contribution in [2.24, 2.45) is 0 Å². The van der Waals surface area contributed by atoms with Gasteiger partial charge in [-0.1, -0.05) is 47.2 Å². The van der Waals surface area contributed by atoms with E-state index in [4.69, 9.17) is 11.6 Å². The van der Waals surface area contributed by atoms with Crippen molar-refractivity contribution in [2.75, 3.05) is 0 Å². The molecule has 0 aliphatic carbocycles. The number of nitrogens with zero attached hydrogens (tertiary/aromatic N) is 2. The summed E-state index contributed by atoms with van der Waals surface area (Å²) in [6.45, 7) is 0. The zero-order valence-electron chi connectivity index (χ0n) is 13.7. The number of nitrogens with one attached hydrogen (secondary N) is 2. The van der Waals surface area contributed by atoms with Gasteiger partial charge in [0.25, 0.3) is 5.56 Å². The molecule has 0 radical (unpaired) electrons. The van der Waals surface area contributed by atoms with E-state index in [0.717, 1.165) is 15.8 Å². The molecule has 2 aromatic carbocycles. The highest BCUT2D eigenvalue weighted by atomic mass is 35.5. The molecule has 6 nitrogen and oxygen atoms in total. The van der Waals surface area contributed by atoms with Crippen molar-refractivity contribution in [1.82, 2.24) is 19.7 Å². The summed E-state index contributed by atoms with van der Waals surface area (Å²) in [5.41, 5.74) is 1.78. The molecule has 0 atom stereocenters. The highest BCUT2D eigenvalue weighted by Crippen LogP contribution is 2.24. The maximum absolute atomic E-state index is 12.8. The predicted molar refractivity (Wildman–Crippen MR) is 108 cm³/mol. The fourth-order valence-electron chi connectivity index (χ4n) is 3.01. The van der Waals surface area contributed by atoms with Gasteiger partial charge in [-0.05, 0) is 29.8 Å². The van der Waals surface area contributed by atoms with Crippen LogP contribution in [0.4, 0.5) is 0 Å². The van der Waals surface area contributed by atoms with Crippen LogP contribution >= 0.6 is 22.9 Å². The first-order chi connectivity index (χ1) is 13.1. The Morgan fingerprint density at radius 1 is 1.04 bits per heavy atom. The van der Waals surface area contributed by atoms with Crippen molar-refractivity contribution >= 4 is 44.2 Å². The van der Waals surface area contributed by atoms with Crippen molar-refractivity contribution in [2.45, 2.75) is 0 Å². The zero-order chi connectivity index (χ0) is 18.5. The average Bonchev–Trinajstić information content (AvgIpc) is 3.23. The van der Waals surface area contributed by atoms with Crippen LogP contribution in [0.3, 0.4) is 0 Å². The van der Waals surface area contributed by atoms with Crippen LogP contribution in [0.5, 0.6) is 0 Å². The molecule has 0 spiro atoms. The summed E-state index contributed by atoms with van der Waals surface area (Å²) in [6, 6.07) is 16.2. The van der Waals surface area contributed by atoms with Gasteiger partial charge in [0.05, 0.1) is 15.9 Å². The molecule has 0 saturated carbocycles. The Labute approximate surface area is 160 Å². The second kappa shape index (κ2) is 5.94. The number of hydrogen-bond donors (Lipinski definition) is 2. The van der Waals surface area contributed by atoms with Crippen LogP contribution in [-0.2, 0) is 0 Å². The number of aromatic amines is 2. The third-order valence-corrected chi connectivity index (χ3v) is 5.57. The van der Waals surface area contributed by atoms with Crippen molar-refractivity contribution in [1.29, 1.82) is 0 Å². The minimum absolute atomic E-state index is 0.0759. The zero-order valence-corrected chi connectivity index (χ0v) is 15.3. The second-order valence-corrected chi connectivity index (χ2v) is 7.47. The van der Waals surface area contributed by atoms with Crippen molar-refractivity contribution in [3.8, 4) is 16.4 Å². The van der Waals surface area contributed by atoms with Gasteiger partial charge in [0.1, 0.15) is 11.0 Å². The molecule has 5 aromatic rings. The molecule has 27 heavy (non-hydrogen) atoms. The van der Waals surface area contributed by atoms with Gasteiger partial charge in [0, 0.05) is 11.1 Å². The number of halogens is 1. The van der Waals surface area contributed by atoms with Crippen LogP contribution in [0, 0.1) is 0 Å². The number of hydrogen-bond acceptors (Lipinski definition) is 4. The third-order valence-electron chi connectivity index (χ3n) is 4.30. The molecular weight excluding hydrogens is 384 g/mol. The summed E-state index contributed by atoms with van der Waals surface area (Å²) in [4.78, 5) is 33.0. The van der Waals surface area contributed by atoms with Gasteiger partial charge >= 0.3 is 0 Å². The summed E-state index contributed by atoms with van der Waals surface area (Å²) >= 11 is 7.30. The Bertz CT molecular complexity index is 1390. The van der Waals surface area contributed by atoms with Gasteiger partial charge in [0.15, 0.2) is 5.43 Å². The first kappa shape index (κ1) is 16.0. The third kappa shape index (κ3) is 2.59. The molecule has 0 fully saturated rings. The highest BCUT2D eigenvalue weighted by molar-refractivity contribution is 7.20. The van der Waals surface area contributed by atoms with E-state index in [9.17, 15) is 9.59 Å². The Morgan fingerprint density at radius 3 is 2.59 bits per heavy atom. The van der Waals surface area contributed by atoms with Gasteiger partial charge in [-0.25, -0.2) is 4.98 Å². The van der Waals surface area contributed by atoms with Crippen LogP contribution in [0.25, 0.3) is 37.6 Å². The fourth-order valence-corrected chi connectivity index (χ4v) is 4.06. The molecule has 0 amide bonds. The molecule has 0 unspecified atom stereocenters. The van der Waals surface area contributed by atoms with Gasteiger partial charge in [-0.2, -0.15) is 4.68 Å². The van der Waals surface area contributed by atoms with Crippen molar-refractivity contribution < 1.29 is 0 Å². The number of fused-ring (bicyclic) bond motifs is 2. The summed E-state index contributed by atoms with van der Waals surface area (Å²) in [5, 5.41) is 4.14. The molecule has 8 heteroatoms. The van der Waals surface area contributed by atoms with E-state index < -0.39 is 5.56 Å². The largest absolute Gasteiger partial charge is 0.339 e.